The number of hydrogen-bond donors (Lipinski definition) is 2. The first-order valence-electron chi connectivity index (χ1n) is 7.92. The van der Waals surface area contributed by atoms with Crippen LogP contribution < -0.4 is 5.73 Å². The summed E-state index contributed by atoms with van der Waals surface area (Å²) in [6.07, 6.45) is 2.60. The third kappa shape index (κ3) is 5.08. The Morgan fingerprint density at radius 1 is 1.29 bits per heavy atom. The van der Waals surface area contributed by atoms with E-state index in [0.717, 1.165) is 19.5 Å². The van der Waals surface area contributed by atoms with E-state index in [1.807, 2.05) is 18.2 Å². The van der Waals surface area contributed by atoms with E-state index in [1.165, 1.54) is 18.4 Å². The predicted octanol–water partition coefficient (Wildman–Crippen LogP) is 0.943. The van der Waals surface area contributed by atoms with Gasteiger partial charge in [-0.05, 0) is 52.0 Å². The molecule has 0 aromatic heterocycles. The van der Waals surface area contributed by atoms with Gasteiger partial charge < -0.3 is 20.6 Å². The maximum atomic E-state index is 10.4. The Kier molecular flexibility index (Phi) is 6.18. The van der Waals surface area contributed by atoms with Crippen LogP contribution >= 0.6 is 0 Å². The molecular formula is C17H29N3O. The van der Waals surface area contributed by atoms with Gasteiger partial charge in [0, 0.05) is 18.6 Å². The number of aliphatic hydroxyl groups is 1. The first-order chi connectivity index (χ1) is 10.1. The molecule has 1 aromatic rings. The average molecular weight is 291 g/mol. The highest BCUT2D eigenvalue weighted by Gasteiger charge is 2.24. The average Bonchev–Trinajstić information content (AvgIpc) is 2.48. The summed E-state index contributed by atoms with van der Waals surface area (Å²) in [7, 11) is 4.27. The highest BCUT2D eigenvalue weighted by atomic mass is 16.3. The molecule has 0 bridgehead atoms. The molecule has 1 aromatic carbocycles. The lowest BCUT2D eigenvalue weighted by Gasteiger charge is -2.36. The summed E-state index contributed by atoms with van der Waals surface area (Å²) in [4.78, 5) is 4.64. The molecule has 118 valence electrons. The van der Waals surface area contributed by atoms with E-state index in [-0.39, 0.29) is 6.04 Å². The summed E-state index contributed by atoms with van der Waals surface area (Å²) >= 11 is 0. The van der Waals surface area contributed by atoms with E-state index in [9.17, 15) is 5.11 Å². The zero-order chi connectivity index (χ0) is 15.2. The number of rotatable bonds is 6. The van der Waals surface area contributed by atoms with Crippen molar-refractivity contribution >= 4 is 0 Å². The molecule has 2 unspecified atom stereocenters. The molecular weight excluding hydrogens is 262 g/mol. The van der Waals surface area contributed by atoms with Crippen LogP contribution in [0, 0.1) is 0 Å². The molecule has 0 spiro atoms. The zero-order valence-corrected chi connectivity index (χ0v) is 13.3. The van der Waals surface area contributed by atoms with E-state index in [1.54, 1.807) is 0 Å². The molecule has 4 heteroatoms. The standard InChI is InChI=1S/C17H29N3O/c1-19-10-8-15(9-11-19)20(2)13-17(21)16(18)12-14-6-4-3-5-7-14/h3-7,15-17,21H,8-13,18H2,1-2H3. The number of piperidine rings is 1. The fraction of sp³-hybridized carbons (Fsp3) is 0.647. The van der Waals surface area contributed by atoms with Gasteiger partial charge in [0.1, 0.15) is 0 Å². The van der Waals surface area contributed by atoms with Crippen molar-refractivity contribution in [3.05, 3.63) is 35.9 Å². The van der Waals surface area contributed by atoms with Gasteiger partial charge in [-0.3, -0.25) is 0 Å². The van der Waals surface area contributed by atoms with Crippen molar-refractivity contribution in [2.75, 3.05) is 33.7 Å². The minimum Gasteiger partial charge on any atom is -0.390 e. The molecule has 0 radical (unpaired) electrons. The quantitative estimate of drug-likeness (QED) is 0.819. The summed E-state index contributed by atoms with van der Waals surface area (Å²) in [5.41, 5.74) is 7.35. The lowest BCUT2D eigenvalue weighted by Crippen LogP contribution is -2.49. The van der Waals surface area contributed by atoms with Crippen LogP contribution in [0.4, 0.5) is 0 Å². The van der Waals surface area contributed by atoms with Crippen LogP contribution in [0.5, 0.6) is 0 Å². The van der Waals surface area contributed by atoms with Gasteiger partial charge in [-0.1, -0.05) is 30.3 Å². The Bertz CT molecular complexity index is 404. The maximum absolute atomic E-state index is 10.4. The number of hydrogen-bond acceptors (Lipinski definition) is 4. The summed E-state index contributed by atoms with van der Waals surface area (Å²) in [5.74, 6) is 0. The number of likely N-dealkylation sites (N-methyl/N-ethyl adjacent to an activating group) is 1. The molecule has 4 nitrogen and oxygen atoms in total. The van der Waals surface area contributed by atoms with Crippen LogP contribution in [-0.2, 0) is 6.42 Å². The monoisotopic (exact) mass is 291 g/mol. The van der Waals surface area contributed by atoms with Crippen molar-refractivity contribution in [2.24, 2.45) is 5.73 Å². The summed E-state index contributed by atoms with van der Waals surface area (Å²) in [6, 6.07) is 10.5. The number of nitrogens with zero attached hydrogens (tertiary/aromatic N) is 2. The number of likely N-dealkylation sites (tertiary alicyclic amines) is 1. The van der Waals surface area contributed by atoms with E-state index >= 15 is 0 Å². The molecule has 3 N–H and O–H groups in total. The molecule has 2 atom stereocenters. The number of nitrogens with two attached hydrogens (primary N) is 1. The van der Waals surface area contributed by atoms with Gasteiger partial charge in [0.25, 0.3) is 0 Å². The molecule has 1 heterocycles. The number of aliphatic hydroxyl groups excluding tert-OH is 1. The van der Waals surface area contributed by atoms with Gasteiger partial charge in [-0.2, -0.15) is 0 Å². The van der Waals surface area contributed by atoms with E-state index < -0.39 is 6.10 Å². The van der Waals surface area contributed by atoms with Gasteiger partial charge in [0.2, 0.25) is 0 Å². The molecule has 1 saturated heterocycles. The van der Waals surface area contributed by atoms with Gasteiger partial charge in [0.15, 0.2) is 0 Å². The molecule has 1 fully saturated rings. The summed E-state index contributed by atoms with van der Waals surface area (Å²) in [6.45, 7) is 2.94. The first kappa shape index (κ1) is 16.4. The Morgan fingerprint density at radius 3 is 2.52 bits per heavy atom. The second-order valence-corrected chi connectivity index (χ2v) is 6.39. The van der Waals surface area contributed by atoms with Crippen LogP contribution in [-0.4, -0.2) is 66.8 Å². The number of benzene rings is 1. The van der Waals surface area contributed by atoms with E-state index in [0.29, 0.717) is 12.6 Å². The minimum absolute atomic E-state index is 0.207. The Balaban J connectivity index is 1.78. The third-order valence-electron chi connectivity index (χ3n) is 4.59. The molecule has 0 aliphatic carbocycles. The van der Waals surface area contributed by atoms with Crippen LogP contribution in [0.3, 0.4) is 0 Å². The largest absolute Gasteiger partial charge is 0.390 e. The van der Waals surface area contributed by atoms with Gasteiger partial charge in [-0.15, -0.1) is 0 Å². The lowest BCUT2D eigenvalue weighted by atomic mass is 10.00. The lowest BCUT2D eigenvalue weighted by molar-refractivity contribution is 0.0649. The second kappa shape index (κ2) is 7.90. The van der Waals surface area contributed by atoms with Crippen molar-refractivity contribution < 1.29 is 5.11 Å². The Labute approximate surface area is 128 Å². The van der Waals surface area contributed by atoms with Crippen molar-refractivity contribution in [1.82, 2.24) is 9.80 Å². The Morgan fingerprint density at radius 2 is 1.90 bits per heavy atom. The fourth-order valence-electron chi connectivity index (χ4n) is 3.04. The van der Waals surface area contributed by atoms with Crippen molar-refractivity contribution in [1.29, 1.82) is 0 Å². The highest BCUT2D eigenvalue weighted by Crippen LogP contribution is 2.15. The van der Waals surface area contributed by atoms with E-state index in [4.69, 9.17) is 5.73 Å². The predicted molar refractivity (Wildman–Crippen MR) is 87.3 cm³/mol. The molecule has 21 heavy (non-hydrogen) atoms. The smallest absolute Gasteiger partial charge is 0.0820 e. The van der Waals surface area contributed by atoms with Gasteiger partial charge in [0.05, 0.1) is 6.10 Å². The molecule has 0 amide bonds. The first-order valence-corrected chi connectivity index (χ1v) is 7.92. The van der Waals surface area contributed by atoms with Gasteiger partial charge in [-0.25, -0.2) is 0 Å². The van der Waals surface area contributed by atoms with Crippen LogP contribution in [0.25, 0.3) is 0 Å². The molecule has 1 aliphatic rings. The van der Waals surface area contributed by atoms with Crippen molar-refractivity contribution in [2.45, 2.75) is 37.5 Å². The summed E-state index contributed by atoms with van der Waals surface area (Å²) in [5, 5.41) is 10.4. The highest BCUT2D eigenvalue weighted by molar-refractivity contribution is 5.16. The van der Waals surface area contributed by atoms with Gasteiger partial charge >= 0.3 is 0 Å². The molecule has 0 saturated carbocycles. The third-order valence-corrected chi connectivity index (χ3v) is 4.59. The van der Waals surface area contributed by atoms with Crippen molar-refractivity contribution in [3.63, 3.8) is 0 Å². The summed E-state index contributed by atoms with van der Waals surface area (Å²) < 4.78 is 0. The zero-order valence-electron chi connectivity index (χ0n) is 13.3. The second-order valence-electron chi connectivity index (χ2n) is 6.39. The normalized spacial score (nSPS) is 20.6. The van der Waals surface area contributed by atoms with Crippen molar-refractivity contribution in [3.8, 4) is 0 Å². The topological polar surface area (TPSA) is 52.7 Å². The van der Waals surface area contributed by atoms with Crippen LogP contribution in [0.15, 0.2) is 30.3 Å². The van der Waals surface area contributed by atoms with E-state index in [2.05, 4.69) is 36.0 Å². The van der Waals surface area contributed by atoms with Crippen LogP contribution in [0.2, 0.25) is 0 Å². The maximum Gasteiger partial charge on any atom is 0.0820 e. The molecule has 1 aliphatic heterocycles. The Hall–Kier alpha value is -0.940. The SMILES string of the molecule is CN1CCC(N(C)CC(O)C(N)Cc2ccccc2)CC1. The van der Waals surface area contributed by atoms with Crippen LogP contribution in [0.1, 0.15) is 18.4 Å². The molecule has 2 rings (SSSR count). The minimum atomic E-state index is -0.477. The fourth-order valence-corrected chi connectivity index (χ4v) is 3.04.